The van der Waals surface area contributed by atoms with E-state index in [-0.39, 0.29) is 18.1 Å². The Labute approximate surface area is 160 Å². The van der Waals surface area contributed by atoms with Crippen molar-refractivity contribution >= 4 is 5.91 Å². The maximum absolute atomic E-state index is 12.8. The lowest BCUT2D eigenvalue weighted by Crippen LogP contribution is -2.60. The number of hydrogen-bond donors (Lipinski definition) is 0. The van der Waals surface area contributed by atoms with E-state index in [1.54, 1.807) is 13.3 Å². The van der Waals surface area contributed by atoms with Crippen LogP contribution in [0, 0.1) is 6.92 Å². The number of rotatable bonds is 4. The highest BCUT2D eigenvalue weighted by Gasteiger charge is 2.44. The lowest BCUT2D eigenvalue weighted by Gasteiger charge is -2.53. The van der Waals surface area contributed by atoms with Crippen molar-refractivity contribution in [3.05, 3.63) is 59.7 Å². The van der Waals surface area contributed by atoms with Gasteiger partial charge in [0.15, 0.2) is 0 Å². The molecule has 0 aromatic carbocycles. The Morgan fingerprint density at radius 1 is 1.15 bits per heavy atom. The lowest BCUT2D eigenvalue weighted by molar-refractivity contribution is -0.115. The molecule has 0 N–H and O–H groups in total. The molecular formula is C21H26N4O2. The zero-order valence-electron chi connectivity index (χ0n) is 15.9. The molecular weight excluding hydrogens is 340 g/mol. The fourth-order valence-corrected chi connectivity index (χ4v) is 4.32. The first-order valence-corrected chi connectivity index (χ1v) is 9.58. The summed E-state index contributed by atoms with van der Waals surface area (Å²) in [5.74, 6) is 0.100. The minimum Gasteiger partial charge on any atom is -0.378 e. The highest BCUT2D eigenvalue weighted by atomic mass is 16.5. The normalized spacial score (nSPS) is 23.9. The monoisotopic (exact) mass is 366 g/mol. The van der Waals surface area contributed by atoms with Crippen molar-refractivity contribution in [2.45, 2.75) is 38.0 Å². The molecule has 0 spiro atoms. The first-order chi connectivity index (χ1) is 13.2. The lowest BCUT2D eigenvalue weighted by atomic mass is 9.87. The van der Waals surface area contributed by atoms with E-state index >= 15 is 0 Å². The molecule has 2 aliphatic rings. The molecule has 0 unspecified atom stereocenters. The maximum Gasteiger partial charge on any atom is 0.255 e. The second kappa shape index (κ2) is 7.74. The van der Waals surface area contributed by atoms with Crippen LogP contribution in [0.1, 0.15) is 40.5 Å². The summed E-state index contributed by atoms with van der Waals surface area (Å²) in [6.07, 6.45) is 7.62. The van der Waals surface area contributed by atoms with E-state index < -0.39 is 0 Å². The van der Waals surface area contributed by atoms with Crippen LogP contribution in [0.25, 0.3) is 0 Å². The SMILES string of the molecule is CO[C@H]1CN(C2CCN(C(=O)c3cccnc3C)CC2)[C@H]1c1ccncc1. The summed E-state index contributed by atoms with van der Waals surface area (Å²) >= 11 is 0. The molecule has 6 nitrogen and oxygen atoms in total. The third kappa shape index (κ3) is 3.47. The number of piperidine rings is 1. The summed E-state index contributed by atoms with van der Waals surface area (Å²) < 4.78 is 5.67. The van der Waals surface area contributed by atoms with Gasteiger partial charge in [0.25, 0.3) is 5.91 Å². The van der Waals surface area contributed by atoms with Crippen LogP contribution in [0.15, 0.2) is 42.9 Å². The number of ether oxygens (including phenoxy) is 1. The third-order valence-corrected chi connectivity index (χ3v) is 5.91. The van der Waals surface area contributed by atoms with Gasteiger partial charge in [-0.25, -0.2) is 0 Å². The van der Waals surface area contributed by atoms with Crippen LogP contribution in [0.5, 0.6) is 0 Å². The summed E-state index contributed by atoms with van der Waals surface area (Å²) in [6, 6.07) is 8.62. The van der Waals surface area contributed by atoms with Crippen LogP contribution in [0.4, 0.5) is 0 Å². The molecule has 0 bridgehead atoms. The van der Waals surface area contributed by atoms with Gasteiger partial charge in [-0.05, 0) is 49.6 Å². The van der Waals surface area contributed by atoms with Crippen LogP contribution in [0.2, 0.25) is 0 Å². The van der Waals surface area contributed by atoms with Crippen molar-refractivity contribution in [2.24, 2.45) is 0 Å². The quantitative estimate of drug-likeness (QED) is 0.832. The molecule has 142 valence electrons. The highest BCUT2D eigenvalue weighted by Crippen LogP contribution is 2.39. The summed E-state index contributed by atoms with van der Waals surface area (Å²) in [5, 5.41) is 0. The van der Waals surface area contributed by atoms with Gasteiger partial charge in [-0.2, -0.15) is 0 Å². The summed E-state index contributed by atoms with van der Waals surface area (Å²) in [5.41, 5.74) is 2.77. The Morgan fingerprint density at radius 2 is 1.89 bits per heavy atom. The van der Waals surface area contributed by atoms with Gasteiger partial charge >= 0.3 is 0 Å². The van der Waals surface area contributed by atoms with Gasteiger partial charge in [0.05, 0.1) is 17.7 Å². The summed E-state index contributed by atoms with van der Waals surface area (Å²) in [4.78, 5) is 25.7. The van der Waals surface area contributed by atoms with Crippen LogP contribution < -0.4 is 0 Å². The van der Waals surface area contributed by atoms with Crippen LogP contribution >= 0.6 is 0 Å². The minimum absolute atomic E-state index is 0.100. The van der Waals surface area contributed by atoms with Crippen molar-refractivity contribution < 1.29 is 9.53 Å². The largest absolute Gasteiger partial charge is 0.378 e. The van der Waals surface area contributed by atoms with Crippen molar-refractivity contribution in [3.8, 4) is 0 Å². The Hall–Kier alpha value is -2.31. The standard InChI is InChI=1S/C21H26N4O2/c1-15-18(4-3-9-23-15)21(26)24-12-7-17(8-13-24)25-14-19(27-2)20(25)16-5-10-22-11-6-16/h3-6,9-11,17,19-20H,7-8,12-14H2,1-2H3/t19-,20-/m0/s1. The van der Waals surface area contributed by atoms with Gasteiger partial charge in [0.1, 0.15) is 0 Å². The van der Waals surface area contributed by atoms with E-state index in [1.807, 2.05) is 36.4 Å². The number of carbonyl (C=O) groups is 1. The van der Waals surface area contributed by atoms with E-state index in [2.05, 4.69) is 27.0 Å². The second-order valence-corrected chi connectivity index (χ2v) is 7.36. The third-order valence-electron chi connectivity index (χ3n) is 5.91. The molecule has 0 radical (unpaired) electrons. The zero-order chi connectivity index (χ0) is 18.8. The Kier molecular flexibility index (Phi) is 5.18. The maximum atomic E-state index is 12.8. The number of likely N-dealkylation sites (tertiary alicyclic amines) is 2. The average Bonchev–Trinajstić information content (AvgIpc) is 2.69. The molecule has 2 saturated heterocycles. The fourth-order valence-electron chi connectivity index (χ4n) is 4.32. The second-order valence-electron chi connectivity index (χ2n) is 7.36. The molecule has 27 heavy (non-hydrogen) atoms. The summed E-state index contributed by atoms with van der Waals surface area (Å²) in [7, 11) is 1.79. The molecule has 2 aliphatic heterocycles. The van der Waals surface area contributed by atoms with Crippen LogP contribution in [-0.4, -0.2) is 64.6 Å². The van der Waals surface area contributed by atoms with E-state index in [4.69, 9.17) is 4.74 Å². The van der Waals surface area contributed by atoms with E-state index in [9.17, 15) is 4.79 Å². The van der Waals surface area contributed by atoms with Gasteiger partial charge in [-0.15, -0.1) is 0 Å². The molecule has 2 aromatic heterocycles. The highest BCUT2D eigenvalue weighted by molar-refractivity contribution is 5.95. The smallest absolute Gasteiger partial charge is 0.255 e. The van der Waals surface area contributed by atoms with Crippen molar-refractivity contribution in [2.75, 3.05) is 26.7 Å². The van der Waals surface area contributed by atoms with E-state index in [0.29, 0.717) is 11.6 Å². The number of aromatic nitrogens is 2. The molecule has 2 aromatic rings. The molecule has 0 aliphatic carbocycles. The van der Waals surface area contributed by atoms with Gasteiger partial charge < -0.3 is 9.64 Å². The Morgan fingerprint density at radius 3 is 2.56 bits per heavy atom. The zero-order valence-corrected chi connectivity index (χ0v) is 15.9. The molecule has 4 heterocycles. The average molecular weight is 366 g/mol. The first-order valence-electron chi connectivity index (χ1n) is 9.58. The van der Waals surface area contributed by atoms with Gasteiger partial charge in [-0.3, -0.25) is 19.7 Å². The number of nitrogens with zero attached hydrogens (tertiary/aromatic N) is 4. The Bertz CT molecular complexity index is 790. The van der Waals surface area contributed by atoms with E-state index in [1.165, 1.54) is 5.56 Å². The molecule has 0 saturated carbocycles. The number of hydrogen-bond acceptors (Lipinski definition) is 5. The first kappa shape index (κ1) is 18.1. The van der Waals surface area contributed by atoms with Gasteiger partial charge in [0.2, 0.25) is 0 Å². The van der Waals surface area contributed by atoms with Crippen molar-refractivity contribution in [3.63, 3.8) is 0 Å². The van der Waals surface area contributed by atoms with Gasteiger partial charge in [-0.1, -0.05) is 0 Å². The van der Waals surface area contributed by atoms with Crippen molar-refractivity contribution in [1.82, 2.24) is 19.8 Å². The van der Waals surface area contributed by atoms with Crippen molar-refractivity contribution in [1.29, 1.82) is 0 Å². The fraction of sp³-hybridized carbons (Fsp3) is 0.476. The number of methoxy groups -OCH3 is 1. The van der Waals surface area contributed by atoms with Gasteiger partial charge in [0, 0.05) is 57.1 Å². The van der Waals surface area contributed by atoms with E-state index in [0.717, 1.165) is 38.2 Å². The number of carbonyl (C=O) groups excluding carboxylic acids is 1. The molecule has 2 fully saturated rings. The number of aryl methyl sites for hydroxylation is 1. The van der Waals surface area contributed by atoms with Crippen LogP contribution in [-0.2, 0) is 4.74 Å². The number of amides is 1. The molecule has 4 rings (SSSR count). The summed E-state index contributed by atoms with van der Waals surface area (Å²) in [6.45, 7) is 4.41. The molecule has 2 atom stereocenters. The predicted molar refractivity (Wildman–Crippen MR) is 102 cm³/mol. The minimum atomic E-state index is 0.100. The predicted octanol–water partition coefficient (Wildman–Crippen LogP) is 2.46. The van der Waals surface area contributed by atoms with Crippen LogP contribution in [0.3, 0.4) is 0 Å². The molecule has 6 heteroatoms. The molecule has 1 amide bonds. The Balaban J connectivity index is 1.41. The topological polar surface area (TPSA) is 58.6 Å². The number of pyridine rings is 2.